The second kappa shape index (κ2) is 5.15. The lowest BCUT2D eigenvalue weighted by Gasteiger charge is -2.04. The number of nitrogens with zero attached hydrogens (tertiary/aromatic N) is 2. The predicted octanol–water partition coefficient (Wildman–Crippen LogP) is 2.02. The van der Waals surface area contributed by atoms with Crippen LogP contribution < -0.4 is 5.32 Å². The molecule has 3 heteroatoms. The summed E-state index contributed by atoms with van der Waals surface area (Å²) in [5.74, 6) is 0. The summed E-state index contributed by atoms with van der Waals surface area (Å²) in [6.07, 6.45) is 1.14. The van der Waals surface area contributed by atoms with Crippen LogP contribution in [-0.4, -0.2) is 16.3 Å². The Labute approximate surface area is 86.5 Å². The van der Waals surface area contributed by atoms with Crippen LogP contribution in [0, 0.1) is 13.8 Å². The Kier molecular flexibility index (Phi) is 4.14. The molecule has 0 aliphatic heterocycles. The molecule has 0 radical (unpaired) electrons. The number of hydrogen-bond acceptors (Lipinski definition) is 2. The van der Waals surface area contributed by atoms with Crippen molar-refractivity contribution in [3.8, 4) is 0 Å². The van der Waals surface area contributed by atoms with E-state index in [1.54, 1.807) is 0 Å². The monoisotopic (exact) mass is 195 g/mol. The molecule has 0 fully saturated rings. The molecule has 1 aromatic heterocycles. The molecule has 1 rings (SSSR count). The van der Waals surface area contributed by atoms with E-state index in [0.717, 1.165) is 31.7 Å². The van der Waals surface area contributed by atoms with Gasteiger partial charge in [0.2, 0.25) is 0 Å². The van der Waals surface area contributed by atoms with Crippen molar-refractivity contribution in [2.75, 3.05) is 6.54 Å². The van der Waals surface area contributed by atoms with Crippen molar-refractivity contribution in [2.45, 2.75) is 47.2 Å². The van der Waals surface area contributed by atoms with Crippen LogP contribution in [0.3, 0.4) is 0 Å². The van der Waals surface area contributed by atoms with Crippen LogP contribution in [0.1, 0.15) is 37.2 Å². The Balaban J connectivity index is 2.81. The van der Waals surface area contributed by atoms with Crippen molar-refractivity contribution in [3.05, 3.63) is 17.0 Å². The maximum absolute atomic E-state index is 4.53. The van der Waals surface area contributed by atoms with Gasteiger partial charge in [0, 0.05) is 24.3 Å². The molecule has 80 valence electrons. The van der Waals surface area contributed by atoms with E-state index in [1.807, 2.05) is 0 Å². The maximum atomic E-state index is 4.53. The van der Waals surface area contributed by atoms with E-state index in [1.165, 1.54) is 11.3 Å². The zero-order chi connectivity index (χ0) is 10.6. The van der Waals surface area contributed by atoms with Gasteiger partial charge in [-0.05, 0) is 26.8 Å². The van der Waals surface area contributed by atoms with Gasteiger partial charge in [0.25, 0.3) is 0 Å². The lowest BCUT2D eigenvalue weighted by Crippen LogP contribution is -2.13. The van der Waals surface area contributed by atoms with Gasteiger partial charge in [-0.25, -0.2) is 0 Å². The zero-order valence-corrected chi connectivity index (χ0v) is 9.72. The van der Waals surface area contributed by atoms with Crippen molar-refractivity contribution in [3.63, 3.8) is 0 Å². The number of hydrogen-bond donors (Lipinski definition) is 1. The minimum atomic E-state index is 0.942. The molecule has 0 spiro atoms. The summed E-state index contributed by atoms with van der Waals surface area (Å²) >= 11 is 0. The van der Waals surface area contributed by atoms with Crippen LogP contribution in [0.25, 0.3) is 0 Å². The van der Waals surface area contributed by atoms with Gasteiger partial charge in [-0.1, -0.05) is 13.8 Å². The zero-order valence-electron chi connectivity index (χ0n) is 9.72. The number of rotatable bonds is 5. The van der Waals surface area contributed by atoms with Gasteiger partial charge in [-0.3, -0.25) is 4.68 Å². The highest BCUT2D eigenvalue weighted by Crippen LogP contribution is 2.12. The summed E-state index contributed by atoms with van der Waals surface area (Å²) in [5, 5.41) is 7.88. The Morgan fingerprint density at radius 1 is 1.29 bits per heavy atom. The van der Waals surface area contributed by atoms with Crippen LogP contribution in [0.4, 0.5) is 0 Å². The average Bonchev–Trinajstić information content (AvgIpc) is 2.41. The third kappa shape index (κ3) is 2.35. The van der Waals surface area contributed by atoms with Crippen LogP contribution in [0.5, 0.6) is 0 Å². The van der Waals surface area contributed by atoms with E-state index < -0.39 is 0 Å². The SMILES string of the molecule is CCCn1nc(C)c(CNCC)c1C. The Morgan fingerprint density at radius 3 is 2.57 bits per heavy atom. The second-order valence-corrected chi connectivity index (χ2v) is 3.65. The molecule has 0 unspecified atom stereocenters. The maximum Gasteiger partial charge on any atom is 0.0641 e. The molecule has 0 saturated carbocycles. The summed E-state index contributed by atoms with van der Waals surface area (Å²) in [6, 6.07) is 0. The summed E-state index contributed by atoms with van der Waals surface area (Å²) in [7, 11) is 0. The molecule has 0 amide bonds. The minimum absolute atomic E-state index is 0.942. The van der Waals surface area contributed by atoms with Gasteiger partial charge in [0.1, 0.15) is 0 Å². The topological polar surface area (TPSA) is 29.9 Å². The lowest BCUT2D eigenvalue weighted by atomic mass is 10.2. The fourth-order valence-corrected chi connectivity index (χ4v) is 1.67. The highest BCUT2D eigenvalue weighted by atomic mass is 15.3. The van der Waals surface area contributed by atoms with Gasteiger partial charge in [-0.2, -0.15) is 5.10 Å². The van der Waals surface area contributed by atoms with Crippen molar-refractivity contribution in [1.29, 1.82) is 0 Å². The Hall–Kier alpha value is -0.830. The van der Waals surface area contributed by atoms with Gasteiger partial charge in [-0.15, -0.1) is 0 Å². The largest absolute Gasteiger partial charge is 0.313 e. The molecule has 0 saturated heterocycles. The number of aromatic nitrogens is 2. The average molecular weight is 195 g/mol. The van der Waals surface area contributed by atoms with Gasteiger partial charge < -0.3 is 5.32 Å². The summed E-state index contributed by atoms with van der Waals surface area (Å²) in [4.78, 5) is 0. The molecule has 1 heterocycles. The first-order valence-electron chi connectivity index (χ1n) is 5.44. The van der Waals surface area contributed by atoms with E-state index in [0.29, 0.717) is 0 Å². The first kappa shape index (κ1) is 11.2. The minimum Gasteiger partial charge on any atom is -0.313 e. The van der Waals surface area contributed by atoms with E-state index in [2.05, 4.69) is 42.8 Å². The van der Waals surface area contributed by atoms with Crippen molar-refractivity contribution >= 4 is 0 Å². The van der Waals surface area contributed by atoms with E-state index >= 15 is 0 Å². The molecule has 0 aromatic carbocycles. The van der Waals surface area contributed by atoms with Crippen LogP contribution in [-0.2, 0) is 13.1 Å². The molecule has 0 bridgehead atoms. The molecule has 1 N–H and O–H groups in total. The number of nitrogens with one attached hydrogen (secondary N) is 1. The van der Waals surface area contributed by atoms with Gasteiger partial charge >= 0.3 is 0 Å². The van der Waals surface area contributed by atoms with Crippen LogP contribution >= 0.6 is 0 Å². The Morgan fingerprint density at radius 2 is 2.00 bits per heavy atom. The van der Waals surface area contributed by atoms with Crippen LogP contribution in [0.2, 0.25) is 0 Å². The normalized spacial score (nSPS) is 10.9. The molecular weight excluding hydrogens is 174 g/mol. The molecule has 1 aromatic rings. The third-order valence-corrected chi connectivity index (χ3v) is 2.52. The smallest absolute Gasteiger partial charge is 0.0641 e. The summed E-state index contributed by atoms with van der Waals surface area (Å²) < 4.78 is 2.11. The third-order valence-electron chi connectivity index (χ3n) is 2.52. The van der Waals surface area contributed by atoms with Crippen molar-refractivity contribution in [2.24, 2.45) is 0 Å². The van der Waals surface area contributed by atoms with E-state index in [4.69, 9.17) is 0 Å². The first-order valence-corrected chi connectivity index (χ1v) is 5.44. The quantitative estimate of drug-likeness (QED) is 0.779. The molecule has 14 heavy (non-hydrogen) atoms. The second-order valence-electron chi connectivity index (χ2n) is 3.65. The first-order chi connectivity index (χ1) is 6.70. The molecule has 0 atom stereocenters. The van der Waals surface area contributed by atoms with Gasteiger partial charge in [0.05, 0.1) is 5.69 Å². The number of aryl methyl sites for hydroxylation is 2. The fourth-order valence-electron chi connectivity index (χ4n) is 1.67. The molecule has 0 aliphatic carbocycles. The fraction of sp³-hybridized carbons (Fsp3) is 0.727. The predicted molar refractivity (Wildman–Crippen MR) is 59.4 cm³/mol. The summed E-state index contributed by atoms with van der Waals surface area (Å²) in [5.41, 5.74) is 3.84. The van der Waals surface area contributed by atoms with E-state index in [-0.39, 0.29) is 0 Å². The lowest BCUT2D eigenvalue weighted by molar-refractivity contribution is 0.581. The van der Waals surface area contributed by atoms with Crippen molar-refractivity contribution < 1.29 is 0 Å². The van der Waals surface area contributed by atoms with Crippen LogP contribution in [0.15, 0.2) is 0 Å². The molecule has 0 aliphatic rings. The highest BCUT2D eigenvalue weighted by Gasteiger charge is 2.09. The van der Waals surface area contributed by atoms with E-state index in [9.17, 15) is 0 Å². The highest BCUT2D eigenvalue weighted by molar-refractivity contribution is 5.24. The van der Waals surface area contributed by atoms with Gasteiger partial charge in [0.15, 0.2) is 0 Å². The molecule has 3 nitrogen and oxygen atoms in total. The Bertz CT molecular complexity index is 289. The molecular formula is C11H21N3. The summed E-state index contributed by atoms with van der Waals surface area (Å²) in [6.45, 7) is 11.5. The standard InChI is InChI=1S/C11H21N3/c1-5-7-14-10(4)11(8-12-6-2)9(3)13-14/h12H,5-8H2,1-4H3. The van der Waals surface area contributed by atoms with Crippen molar-refractivity contribution in [1.82, 2.24) is 15.1 Å².